The minimum absolute atomic E-state index is 0.709. The summed E-state index contributed by atoms with van der Waals surface area (Å²) < 4.78 is 1.02. The Hall–Kier alpha value is -1.31. The summed E-state index contributed by atoms with van der Waals surface area (Å²) in [5.41, 5.74) is 3.09. The van der Waals surface area contributed by atoms with Crippen LogP contribution in [-0.2, 0) is 5.75 Å². The lowest BCUT2D eigenvalue weighted by Gasteiger charge is -2.06. The molecule has 0 unspecified atom stereocenters. The predicted molar refractivity (Wildman–Crippen MR) is 77.4 cm³/mol. The average molecular weight is 319 g/mol. The van der Waals surface area contributed by atoms with E-state index >= 15 is 0 Å². The van der Waals surface area contributed by atoms with Crippen LogP contribution in [0.2, 0.25) is 0 Å². The molecule has 0 saturated carbocycles. The van der Waals surface area contributed by atoms with Crippen molar-refractivity contribution in [3.8, 4) is 6.07 Å². The molecule has 0 saturated heterocycles. The van der Waals surface area contributed by atoms with Crippen molar-refractivity contribution in [1.29, 1.82) is 5.26 Å². The van der Waals surface area contributed by atoms with Crippen LogP contribution >= 0.6 is 27.7 Å². The van der Waals surface area contributed by atoms with E-state index in [9.17, 15) is 0 Å². The Morgan fingerprint density at radius 3 is 2.89 bits per heavy atom. The third-order valence-corrected chi connectivity index (χ3v) is 4.52. The van der Waals surface area contributed by atoms with Crippen molar-refractivity contribution in [1.82, 2.24) is 4.98 Å². The van der Waals surface area contributed by atoms with Gasteiger partial charge in [0.1, 0.15) is 5.03 Å². The number of aromatic nitrogens is 1. The van der Waals surface area contributed by atoms with Crippen LogP contribution in [-0.4, -0.2) is 4.98 Å². The molecule has 1 aromatic carbocycles. The number of hydrogen-bond acceptors (Lipinski definition) is 3. The number of hydrogen-bond donors (Lipinski definition) is 0. The summed E-state index contributed by atoms with van der Waals surface area (Å²) in [7, 11) is 0. The summed E-state index contributed by atoms with van der Waals surface area (Å²) >= 11 is 5.17. The largest absolute Gasteiger partial charge is 0.249 e. The molecule has 18 heavy (non-hydrogen) atoms. The van der Waals surface area contributed by atoms with E-state index < -0.39 is 0 Å². The third-order valence-electron chi connectivity index (χ3n) is 2.56. The molecule has 0 aliphatic rings. The molecular formula is C14H11BrN2S. The molecule has 0 atom stereocenters. The molecular weight excluding hydrogens is 308 g/mol. The van der Waals surface area contributed by atoms with Gasteiger partial charge in [-0.1, -0.05) is 6.07 Å². The summed E-state index contributed by atoms with van der Waals surface area (Å²) in [6.07, 6.45) is 1.79. The first-order chi connectivity index (χ1) is 8.70. The van der Waals surface area contributed by atoms with Crippen LogP contribution < -0.4 is 0 Å². The Balaban J connectivity index is 2.12. The van der Waals surface area contributed by atoms with Gasteiger partial charge in [-0.15, -0.1) is 11.8 Å². The Kier molecular flexibility index (Phi) is 4.40. The minimum Gasteiger partial charge on any atom is -0.249 e. The van der Waals surface area contributed by atoms with Gasteiger partial charge >= 0.3 is 0 Å². The van der Waals surface area contributed by atoms with Crippen molar-refractivity contribution >= 4 is 27.7 Å². The van der Waals surface area contributed by atoms with Crippen LogP contribution in [0.5, 0.6) is 0 Å². The van der Waals surface area contributed by atoms with E-state index in [-0.39, 0.29) is 0 Å². The first kappa shape index (κ1) is 13.1. The maximum absolute atomic E-state index is 8.83. The van der Waals surface area contributed by atoms with Gasteiger partial charge in [0.2, 0.25) is 0 Å². The summed E-state index contributed by atoms with van der Waals surface area (Å²) in [5.74, 6) is 0.854. The summed E-state index contributed by atoms with van der Waals surface area (Å²) in [6, 6.07) is 11.8. The average Bonchev–Trinajstić information content (AvgIpc) is 2.39. The molecule has 0 N–H and O–H groups in total. The fourth-order valence-electron chi connectivity index (χ4n) is 1.55. The van der Waals surface area contributed by atoms with Crippen molar-refractivity contribution < 1.29 is 0 Å². The highest BCUT2D eigenvalue weighted by molar-refractivity contribution is 9.10. The molecule has 0 spiro atoms. The summed E-state index contributed by atoms with van der Waals surface area (Å²) in [5, 5.41) is 9.81. The van der Waals surface area contributed by atoms with Gasteiger partial charge in [0.05, 0.1) is 11.6 Å². The highest BCUT2D eigenvalue weighted by Crippen LogP contribution is 2.28. The molecule has 0 amide bonds. The van der Waals surface area contributed by atoms with E-state index in [1.807, 2.05) is 37.3 Å². The van der Waals surface area contributed by atoms with Crippen molar-refractivity contribution in [2.24, 2.45) is 0 Å². The Morgan fingerprint density at radius 1 is 1.39 bits per heavy atom. The van der Waals surface area contributed by atoms with Crippen molar-refractivity contribution in [2.45, 2.75) is 17.7 Å². The molecule has 2 nitrogen and oxygen atoms in total. The first-order valence-electron chi connectivity index (χ1n) is 5.43. The van der Waals surface area contributed by atoms with Crippen LogP contribution in [0, 0.1) is 18.3 Å². The van der Waals surface area contributed by atoms with Crippen molar-refractivity contribution in [3.05, 3.63) is 57.7 Å². The molecule has 90 valence electrons. The molecule has 2 aromatic rings. The van der Waals surface area contributed by atoms with Gasteiger partial charge in [0, 0.05) is 16.4 Å². The van der Waals surface area contributed by atoms with Gasteiger partial charge in [0.15, 0.2) is 0 Å². The smallest absolute Gasteiger partial charge is 0.110 e. The number of nitrogens with zero attached hydrogens (tertiary/aromatic N) is 2. The SMILES string of the molecule is Cc1cc(C#N)ccc1CSc1ncccc1Br. The molecule has 0 aliphatic heterocycles. The fourth-order valence-corrected chi connectivity index (χ4v) is 3.11. The van der Waals surface area contributed by atoms with Gasteiger partial charge in [0.25, 0.3) is 0 Å². The number of halogens is 1. The third kappa shape index (κ3) is 3.12. The second kappa shape index (κ2) is 6.03. The molecule has 0 aliphatic carbocycles. The van der Waals surface area contributed by atoms with E-state index in [4.69, 9.17) is 5.26 Å². The fraction of sp³-hybridized carbons (Fsp3) is 0.143. The highest BCUT2D eigenvalue weighted by atomic mass is 79.9. The lowest BCUT2D eigenvalue weighted by atomic mass is 10.1. The standard InChI is InChI=1S/C14H11BrN2S/c1-10-7-11(8-16)4-5-12(10)9-18-14-13(15)3-2-6-17-14/h2-7H,9H2,1H3. The second-order valence-corrected chi connectivity index (χ2v) is 5.65. The monoisotopic (exact) mass is 318 g/mol. The zero-order chi connectivity index (χ0) is 13.0. The maximum Gasteiger partial charge on any atom is 0.110 e. The number of pyridine rings is 1. The molecule has 0 radical (unpaired) electrons. The van der Waals surface area contributed by atoms with Crippen LogP contribution in [0.4, 0.5) is 0 Å². The minimum atomic E-state index is 0.709. The van der Waals surface area contributed by atoms with Gasteiger partial charge in [-0.3, -0.25) is 0 Å². The highest BCUT2D eigenvalue weighted by Gasteiger charge is 2.04. The van der Waals surface area contributed by atoms with Gasteiger partial charge in [-0.05, 0) is 58.2 Å². The van der Waals surface area contributed by atoms with E-state index in [0.717, 1.165) is 20.8 Å². The number of nitriles is 1. The van der Waals surface area contributed by atoms with Gasteiger partial charge < -0.3 is 0 Å². The quantitative estimate of drug-likeness (QED) is 0.791. The van der Waals surface area contributed by atoms with Gasteiger partial charge in [-0.2, -0.15) is 5.26 Å². The van der Waals surface area contributed by atoms with Crippen LogP contribution in [0.3, 0.4) is 0 Å². The lowest BCUT2D eigenvalue weighted by Crippen LogP contribution is -1.89. The number of aryl methyl sites for hydroxylation is 1. The molecule has 2 rings (SSSR count). The topological polar surface area (TPSA) is 36.7 Å². The molecule has 0 fully saturated rings. The normalized spacial score (nSPS) is 10.1. The summed E-state index contributed by atoms with van der Waals surface area (Å²) in [4.78, 5) is 4.32. The maximum atomic E-state index is 8.83. The van der Waals surface area contributed by atoms with Crippen molar-refractivity contribution in [3.63, 3.8) is 0 Å². The predicted octanol–water partition coefficient (Wildman–Crippen LogP) is 4.32. The first-order valence-corrected chi connectivity index (χ1v) is 7.21. The number of benzene rings is 1. The number of rotatable bonds is 3. The lowest BCUT2D eigenvalue weighted by molar-refractivity contribution is 1.11. The molecule has 1 aromatic heterocycles. The van der Waals surface area contributed by atoms with Crippen LogP contribution in [0.15, 0.2) is 46.0 Å². The molecule has 4 heteroatoms. The zero-order valence-electron chi connectivity index (χ0n) is 9.85. The van der Waals surface area contributed by atoms with Crippen molar-refractivity contribution in [2.75, 3.05) is 0 Å². The summed E-state index contributed by atoms with van der Waals surface area (Å²) in [6.45, 7) is 2.03. The zero-order valence-corrected chi connectivity index (χ0v) is 12.3. The second-order valence-electron chi connectivity index (χ2n) is 3.83. The van der Waals surface area contributed by atoms with E-state index in [2.05, 4.69) is 27.0 Å². The van der Waals surface area contributed by atoms with E-state index in [0.29, 0.717) is 5.56 Å². The number of thioether (sulfide) groups is 1. The Morgan fingerprint density at radius 2 is 2.22 bits per heavy atom. The Bertz CT molecular complexity index is 605. The van der Waals surface area contributed by atoms with Gasteiger partial charge in [-0.25, -0.2) is 4.98 Å². The molecule has 0 bridgehead atoms. The van der Waals surface area contributed by atoms with Crippen LogP contribution in [0.25, 0.3) is 0 Å². The molecule has 1 heterocycles. The van der Waals surface area contributed by atoms with E-state index in [1.165, 1.54) is 5.56 Å². The Labute approximate surface area is 119 Å². The van der Waals surface area contributed by atoms with Crippen LogP contribution in [0.1, 0.15) is 16.7 Å². The van der Waals surface area contributed by atoms with E-state index in [1.54, 1.807) is 18.0 Å².